The Bertz CT molecular complexity index is 997. The first-order chi connectivity index (χ1) is 14.7. The van der Waals surface area contributed by atoms with Crippen molar-refractivity contribution in [2.45, 2.75) is 52.0 Å². The normalized spacial score (nSPS) is 17.9. The third-order valence-corrected chi connectivity index (χ3v) is 5.10. The molecule has 1 aromatic heterocycles. The van der Waals surface area contributed by atoms with Gasteiger partial charge in [0.1, 0.15) is 11.6 Å². The first kappa shape index (κ1) is 22.9. The van der Waals surface area contributed by atoms with E-state index in [1.165, 1.54) is 19.1 Å². The van der Waals surface area contributed by atoms with E-state index in [1.54, 1.807) is 29.8 Å². The van der Waals surface area contributed by atoms with Gasteiger partial charge >= 0.3 is 6.18 Å². The van der Waals surface area contributed by atoms with Crippen LogP contribution in [0.3, 0.4) is 0 Å². The zero-order valence-electron chi connectivity index (χ0n) is 17.3. The number of alkyl halides is 3. The molecule has 166 valence electrons. The SMILES string of the molecule is C\C=C(F)/C(=C\C(=C\CC)C(F)(F)F)c1cc2n(n1)CCC2NCc1ccc(F)cc1. The Balaban J connectivity index is 1.87. The predicted molar refractivity (Wildman–Crippen MR) is 110 cm³/mol. The highest BCUT2D eigenvalue weighted by atomic mass is 19.4. The number of rotatable bonds is 7. The number of hydrogen-bond donors (Lipinski definition) is 1. The maximum Gasteiger partial charge on any atom is 0.416 e. The molecular formula is C23H24F5N3. The zero-order valence-corrected chi connectivity index (χ0v) is 17.3. The summed E-state index contributed by atoms with van der Waals surface area (Å²) in [5, 5.41) is 7.71. The minimum absolute atomic E-state index is 0.0884. The van der Waals surface area contributed by atoms with Gasteiger partial charge in [0.25, 0.3) is 0 Å². The third-order valence-electron chi connectivity index (χ3n) is 5.10. The molecule has 2 heterocycles. The van der Waals surface area contributed by atoms with Crippen molar-refractivity contribution >= 4 is 5.57 Å². The Hall–Kier alpha value is -2.74. The van der Waals surface area contributed by atoms with E-state index < -0.39 is 17.6 Å². The quantitative estimate of drug-likeness (QED) is 0.401. The predicted octanol–water partition coefficient (Wildman–Crippen LogP) is 6.41. The topological polar surface area (TPSA) is 29.9 Å². The molecule has 0 bridgehead atoms. The van der Waals surface area contributed by atoms with Crippen molar-refractivity contribution < 1.29 is 22.0 Å². The smallest absolute Gasteiger partial charge is 0.304 e. The van der Waals surface area contributed by atoms with Crippen molar-refractivity contribution in [2.24, 2.45) is 0 Å². The second kappa shape index (κ2) is 9.60. The first-order valence-corrected chi connectivity index (χ1v) is 10.1. The summed E-state index contributed by atoms with van der Waals surface area (Å²) in [6, 6.07) is 7.67. The van der Waals surface area contributed by atoms with E-state index in [1.807, 2.05) is 0 Å². The van der Waals surface area contributed by atoms with Crippen LogP contribution >= 0.6 is 0 Å². The van der Waals surface area contributed by atoms with Gasteiger partial charge in [0.2, 0.25) is 0 Å². The maximum absolute atomic E-state index is 14.5. The number of halogens is 5. The summed E-state index contributed by atoms with van der Waals surface area (Å²) in [7, 11) is 0. The van der Waals surface area contributed by atoms with Crippen molar-refractivity contribution in [3.8, 4) is 0 Å². The van der Waals surface area contributed by atoms with Crippen LogP contribution in [0.5, 0.6) is 0 Å². The van der Waals surface area contributed by atoms with Crippen LogP contribution in [-0.4, -0.2) is 16.0 Å². The molecule has 0 amide bonds. The Morgan fingerprint density at radius 1 is 1.26 bits per heavy atom. The summed E-state index contributed by atoms with van der Waals surface area (Å²) >= 11 is 0. The molecule has 1 aliphatic rings. The van der Waals surface area contributed by atoms with Crippen LogP contribution in [0.25, 0.3) is 5.57 Å². The summed E-state index contributed by atoms with van der Waals surface area (Å²) in [6.45, 7) is 4.08. The van der Waals surface area contributed by atoms with Crippen LogP contribution in [-0.2, 0) is 13.1 Å². The Morgan fingerprint density at radius 2 is 1.97 bits per heavy atom. The van der Waals surface area contributed by atoms with Gasteiger partial charge in [-0.3, -0.25) is 4.68 Å². The van der Waals surface area contributed by atoms with Crippen LogP contribution in [0.2, 0.25) is 0 Å². The molecule has 0 spiro atoms. The summed E-state index contributed by atoms with van der Waals surface area (Å²) in [5.74, 6) is -1.08. The number of aromatic nitrogens is 2. The van der Waals surface area contributed by atoms with Gasteiger partial charge in [-0.2, -0.15) is 18.3 Å². The molecule has 1 aliphatic heterocycles. The Kier molecular flexibility index (Phi) is 7.10. The summed E-state index contributed by atoms with van der Waals surface area (Å²) in [4.78, 5) is 0. The van der Waals surface area contributed by atoms with Gasteiger partial charge < -0.3 is 5.32 Å². The fourth-order valence-corrected chi connectivity index (χ4v) is 3.52. The Labute approximate surface area is 178 Å². The summed E-state index contributed by atoms with van der Waals surface area (Å²) in [6.07, 6.45) is -0.696. The highest BCUT2D eigenvalue weighted by Gasteiger charge is 2.33. The lowest BCUT2D eigenvalue weighted by atomic mass is 10.0. The van der Waals surface area contributed by atoms with Crippen LogP contribution in [0.15, 0.2) is 60.0 Å². The van der Waals surface area contributed by atoms with E-state index in [0.717, 1.165) is 35.9 Å². The molecule has 0 saturated carbocycles. The van der Waals surface area contributed by atoms with E-state index >= 15 is 0 Å². The monoisotopic (exact) mass is 437 g/mol. The van der Waals surface area contributed by atoms with E-state index in [-0.39, 0.29) is 29.5 Å². The van der Waals surface area contributed by atoms with Gasteiger partial charge in [0, 0.05) is 18.7 Å². The fraction of sp³-hybridized carbons (Fsp3) is 0.348. The lowest BCUT2D eigenvalue weighted by molar-refractivity contribution is -0.0883. The van der Waals surface area contributed by atoms with Gasteiger partial charge in [-0.25, -0.2) is 8.78 Å². The molecule has 0 radical (unpaired) electrons. The van der Waals surface area contributed by atoms with Gasteiger partial charge in [-0.15, -0.1) is 0 Å². The molecule has 1 aromatic carbocycles. The van der Waals surface area contributed by atoms with Gasteiger partial charge in [-0.1, -0.05) is 31.2 Å². The van der Waals surface area contributed by atoms with Crippen LogP contribution in [0, 0.1) is 5.82 Å². The van der Waals surface area contributed by atoms with Crippen molar-refractivity contribution in [2.75, 3.05) is 0 Å². The number of aryl methyl sites for hydroxylation is 1. The van der Waals surface area contributed by atoms with E-state index in [2.05, 4.69) is 10.4 Å². The van der Waals surface area contributed by atoms with Gasteiger partial charge in [0.15, 0.2) is 0 Å². The van der Waals surface area contributed by atoms with E-state index in [4.69, 9.17) is 0 Å². The number of nitrogens with zero attached hydrogens (tertiary/aromatic N) is 2. The third kappa shape index (κ3) is 5.50. The molecular weight excluding hydrogens is 413 g/mol. The van der Waals surface area contributed by atoms with Crippen LogP contribution in [0.4, 0.5) is 22.0 Å². The van der Waals surface area contributed by atoms with Crippen molar-refractivity contribution in [3.05, 3.63) is 82.7 Å². The lowest BCUT2D eigenvalue weighted by Crippen LogP contribution is -2.18. The lowest BCUT2D eigenvalue weighted by Gasteiger charge is -2.12. The largest absolute Gasteiger partial charge is 0.416 e. The molecule has 3 nitrogen and oxygen atoms in total. The summed E-state index contributed by atoms with van der Waals surface area (Å²) < 4.78 is 69.3. The molecule has 1 N–H and O–H groups in total. The maximum atomic E-state index is 14.5. The number of hydrogen-bond acceptors (Lipinski definition) is 2. The second-order valence-corrected chi connectivity index (χ2v) is 7.29. The van der Waals surface area contributed by atoms with Crippen LogP contribution < -0.4 is 5.32 Å². The van der Waals surface area contributed by atoms with E-state index in [9.17, 15) is 22.0 Å². The minimum Gasteiger partial charge on any atom is -0.304 e. The number of benzene rings is 1. The Morgan fingerprint density at radius 3 is 2.58 bits per heavy atom. The zero-order chi connectivity index (χ0) is 22.6. The van der Waals surface area contributed by atoms with Crippen molar-refractivity contribution in [3.63, 3.8) is 0 Å². The number of nitrogens with one attached hydrogen (secondary N) is 1. The van der Waals surface area contributed by atoms with Gasteiger partial charge in [-0.05, 0) is 49.6 Å². The molecule has 1 atom stereocenters. The minimum atomic E-state index is -4.59. The highest BCUT2D eigenvalue weighted by molar-refractivity contribution is 5.77. The van der Waals surface area contributed by atoms with Crippen LogP contribution in [0.1, 0.15) is 49.7 Å². The van der Waals surface area contributed by atoms with Crippen molar-refractivity contribution in [1.29, 1.82) is 0 Å². The number of fused-ring (bicyclic) bond motifs is 1. The fourth-order valence-electron chi connectivity index (χ4n) is 3.52. The average molecular weight is 437 g/mol. The highest BCUT2D eigenvalue weighted by Crippen LogP contribution is 2.35. The standard InChI is InChI=1S/C23H24F5N3/c1-3-5-16(23(26,27)28)12-18(19(25)4-2)21-13-22-20(10-11-31(22)30-21)29-14-15-6-8-17(24)9-7-15/h4-9,12-13,20,29H,3,10-11,14H2,1-2H3/b16-5-,18-12+,19-4+. The van der Waals surface area contributed by atoms with E-state index in [0.29, 0.717) is 13.1 Å². The second-order valence-electron chi connectivity index (χ2n) is 7.29. The number of allylic oxidation sites excluding steroid dienone is 6. The molecule has 0 saturated heterocycles. The average Bonchev–Trinajstić information content (AvgIpc) is 3.30. The molecule has 0 aliphatic carbocycles. The first-order valence-electron chi connectivity index (χ1n) is 10.1. The molecule has 0 fully saturated rings. The van der Waals surface area contributed by atoms with Gasteiger partial charge in [0.05, 0.1) is 23.0 Å². The van der Waals surface area contributed by atoms with Crippen molar-refractivity contribution in [1.82, 2.24) is 15.1 Å². The molecule has 31 heavy (non-hydrogen) atoms. The molecule has 3 rings (SSSR count). The molecule has 8 heteroatoms. The molecule has 1 unspecified atom stereocenters. The summed E-state index contributed by atoms with van der Waals surface area (Å²) in [5.41, 5.74) is 0.740. The molecule has 2 aromatic rings.